The van der Waals surface area contributed by atoms with E-state index in [2.05, 4.69) is 5.32 Å². The number of carbonyl (C=O) groups is 2. The van der Waals surface area contributed by atoms with Crippen molar-refractivity contribution in [3.63, 3.8) is 0 Å². The lowest BCUT2D eigenvalue weighted by Gasteiger charge is -2.26. The highest BCUT2D eigenvalue weighted by molar-refractivity contribution is 7.07. The molecule has 140 valence electrons. The van der Waals surface area contributed by atoms with Crippen LogP contribution < -0.4 is 5.32 Å². The van der Waals surface area contributed by atoms with Crippen LogP contribution in [0.5, 0.6) is 0 Å². The first-order valence-electron chi connectivity index (χ1n) is 8.92. The fourth-order valence-corrected chi connectivity index (χ4v) is 3.83. The lowest BCUT2D eigenvalue weighted by atomic mass is 10.1. The molecule has 1 aromatic carbocycles. The lowest BCUT2D eigenvalue weighted by Crippen LogP contribution is -2.40. The molecule has 27 heavy (non-hydrogen) atoms. The summed E-state index contributed by atoms with van der Waals surface area (Å²) in [5.41, 5.74) is 2.18. The Bertz CT molecular complexity index is 942. The summed E-state index contributed by atoms with van der Waals surface area (Å²) in [5.74, 6) is -0.173. The Hall–Kier alpha value is -2.64. The molecule has 0 radical (unpaired) electrons. The minimum Gasteiger partial charge on any atom is -0.449 e. The van der Waals surface area contributed by atoms with Crippen LogP contribution in [0, 0.1) is 0 Å². The lowest BCUT2D eigenvalue weighted by molar-refractivity contribution is -0.116. The molecular weight excluding hydrogens is 364 g/mol. The van der Waals surface area contributed by atoms with Crippen LogP contribution in [0.25, 0.3) is 11.0 Å². The van der Waals surface area contributed by atoms with Crippen molar-refractivity contribution < 1.29 is 18.7 Å². The molecule has 0 atom stereocenters. The molecule has 0 spiro atoms. The summed E-state index contributed by atoms with van der Waals surface area (Å²) in [6.07, 6.45) is 1.01. The maximum Gasteiger partial charge on any atom is 0.291 e. The quantitative estimate of drug-likeness (QED) is 0.730. The molecule has 2 aromatic heterocycles. The Morgan fingerprint density at radius 3 is 2.74 bits per heavy atom. The molecule has 1 aliphatic rings. The number of hydrogen-bond acceptors (Lipinski definition) is 5. The van der Waals surface area contributed by atoms with Crippen LogP contribution >= 0.6 is 11.3 Å². The van der Waals surface area contributed by atoms with Crippen molar-refractivity contribution in [3.05, 3.63) is 52.4 Å². The number of carbonyl (C=O) groups excluding carboxylic acids is 2. The predicted octanol–water partition coefficient (Wildman–Crippen LogP) is 3.54. The van der Waals surface area contributed by atoms with Crippen LogP contribution in [-0.4, -0.2) is 43.0 Å². The van der Waals surface area contributed by atoms with Crippen molar-refractivity contribution in [3.8, 4) is 0 Å². The zero-order valence-corrected chi connectivity index (χ0v) is 15.6. The van der Waals surface area contributed by atoms with Crippen molar-refractivity contribution in [2.45, 2.75) is 12.8 Å². The maximum absolute atomic E-state index is 12.9. The van der Waals surface area contributed by atoms with Crippen LogP contribution in [-0.2, 0) is 16.0 Å². The summed E-state index contributed by atoms with van der Waals surface area (Å²) in [4.78, 5) is 27.1. The number of rotatable bonds is 5. The van der Waals surface area contributed by atoms with E-state index in [0.717, 1.165) is 10.9 Å². The molecule has 1 N–H and O–H groups in total. The van der Waals surface area contributed by atoms with Gasteiger partial charge in [0.25, 0.3) is 5.91 Å². The zero-order chi connectivity index (χ0) is 18.6. The third kappa shape index (κ3) is 3.89. The van der Waals surface area contributed by atoms with E-state index in [0.29, 0.717) is 50.4 Å². The molecule has 7 heteroatoms. The molecule has 3 heterocycles. The Kier molecular flexibility index (Phi) is 5.22. The van der Waals surface area contributed by atoms with Crippen molar-refractivity contribution in [2.75, 3.05) is 31.6 Å². The molecule has 0 aliphatic carbocycles. The summed E-state index contributed by atoms with van der Waals surface area (Å²) in [5, 5.41) is 7.67. The highest BCUT2D eigenvalue weighted by Gasteiger charge is 2.27. The molecular formula is C20H20N2O4S. The topological polar surface area (TPSA) is 71.8 Å². The van der Waals surface area contributed by atoms with E-state index in [9.17, 15) is 9.59 Å². The van der Waals surface area contributed by atoms with Gasteiger partial charge in [-0.15, -0.1) is 0 Å². The average Bonchev–Trinajstić information content (AvgIpc) is 3.35. The summed E-state index contributed by atoms with van der Waals surface area (Å²) in [6, 6.07) is 9.37. The van der Waals surface area contributed by atoms with Gasteiger partial charge in [-0.25, -0.2) is 0 Å². The molecule has 0 bridgehead atoms. The second-order valence-corrected chi connectivity index (χ2v) is 7.17. The van der Waals surface area contributed by atoms with Crippen LogP contribution in [0.4, 0.5) is 5.69 Å². The van der Waals surface area contributed by atoms with E-state index in [1.54, 1.807) is 22.3 Å². The first kappa shape index (κ1) is 17.8. The average molecular weight is 384 g/mol. The van der Waals surface area contributed by atoms with Crippen LogP contribution in [0.3, 0.4) is 0 Å². The highest BCUT2D eigenvalue weighted by Crippen LogP contribution is 2.32. The number of morpholine rings is 1. The zero-order valence-electron chi connectivity index (χ0n) is 14.8. The van der Waals surface area contributed by atoms with E-state index in [1.165, 1.54) is 0 Å². The van der Waals surface area contributed by atoms with Gasteiger partial charge >= 0.3 is 0 Å². The standard InChI is InChI=1S/C20H20N2O4S/c23-17(6-5-14-7-12-27-13-14)21-18-15-3-1-2-4-16(15)26-19(18)20(24)22-8-10-25-11-9-22/h1-4,7,12-13H,5-6,8-11H2,(H,21,23). The minimum absolute atomic E-state index is 0.135. The number of thiophene rings is 1. The van der Waals surface area contributed by atoms with Crippen LogP contribution in [0.15, 0.2) is 45.5 Å². The van der Waals surface area contributed by atoms with Gasteiger partial charge in [-0.2, -0.15) is 11.3 Å². The number of aryl methyl sites for hydroxylation is 1. The molecule has 2 amide bonds. The molecule has 1 fully saturated rings. The number of amides is 2. The fraction of sp³-hybridized carbons (Fsp3) is 0.300. The molecule has 0 unspecified atom stereocenters. The van der Waals surface area contributed by atoms with Gasteiger partial charge in [0, 0.05) is 24.9 Å². The van der Waals surface area contributed by atoms with Gasteiger partial charge in [-0.1, -0.05) is 12.1 Å². The number of fused-ring (bicyclic) bond motifs is 1. The third-order valence-corrected chi connectivity index (χ3v) is 5.31. The number of furan rings is 1. The maximum atomic E-state index is 12.9. The molecule has 0 saturated carbocycles. The van der Waals surface area contributed by atoms with Gasteiger partial charge < -0.3 is 19.4 Å². The number of anilines is 1. The second-order valence-electron chi connectivity index (χ2n) is 6.39. The van der Waals surface area contributed by atoms with E-state index in [-0.39, 0.29) is 17.6 Å². The summed E-state index contributed by atoms with van der Waals surface area (Å²) < 4.78 is 11.1. The van der Waals surface area contributed by atoms with E-state index in [4.69, 9.17) is 9.15 Å². The monoisotopic (exact) mass is 384 g/mol. The number of nitrogens with zero attached hydrogens (tertiary/aromatic N) is 1. The first-order chi connectivity index (χ1) is 13.2. The molecule has 3 aromatic rings. The van der Waals surface area contributed by atoms with Crippen molar-refractivity contribution >= 4 is 39.8 Å². The van der Waals surface area contributed by atoms with Crippen molar-refractivity contribution in [2.24, 2.45) is 0 Å². The second kappa shape index (κ2) is 7.94. The Morgan fingerprint density at radius 2 is 1.96 bits per heavy atom. The van der Waals surface area contributed by atoms with Gasteiger partial charge in [0.15, 0.2) is 0 Å². The van der Waals surface area contributed by atoms with Gasteiger partial charge in [0.1, 0.15) is 11.3 Å². The van der Waals surface area contributed by atoms with Gasteiger partial charge in [0.2, 0.25) is 11.7 Å². The van der Waals surface area contributed by atoms with Gasteiger partial charge in [-0.05, 0) is 40.9 Å². The number of hydrogen-bond donors (Lipinski definition) is 1. The molecule has 1 saturated heterocycles. The first-order valence-corrected chi connectivity index (χ1v) is 9.86. The summed E-state index contributed by atoms with van der Waals surface area (Å²) in [6.45, 7) is 2.05. The van der Waals surface area contributed by atoms with E-state index in [1.807, 2.05) is 35.0 Å². The predicted molar refractivity (Wildman–Crippen MR) is 104 cm³/mol. The third-order valence-electron chi connectivity index (χ3n) is 4.57. The highest BCUT2D eigenvalue weighted by atomic mass is 32.1. The largest absolute Gasteiger partial charge is 0.449 e. The van der Waals surface area contributed by atoms with Crippen LogP contribution in [0.2, 0.25) is 0 Å². The summed E-state index contributed by atoms with van der Waals surface area (Å²) >= 11 is 1.61. The number of benzene rings is 1. The minimum atomic E-state index is -0.220. The van der Waals surface area contributed by atoms with E-state index >= 15 is 0 Å². The Balaban J connectivity index is 1.57. The number of para-hydroxylation sites is 1. The van der Waals surface area contributed by atoms with Crippen LogP contribution in [0.1, 0.15) is 22.5 Å². The SMILES string of the molecule is O=C(CCc1ccsc1)Nc1c(C(=O)N2CCOCC2)oc2ccccc12. The normalized spacial score (nSPS) is 14.4. The Labute approximate surface area is 160 Å². The molecule has 4 rings (SSSR count). The van der Waals surface area contributed by atoms with E-state index < -0.39 is 0 Å². The molecule has 1 aliphatic heterocycles. The number of ether oxygens (including phenoxy) is 1. The summed E-state index contributed by atoms with van der Waals surface area (Å²) in [7, 11) is 0. The van der Waals surface area contributed by atoms with Gasteiger partial charge in [-0.3, -0.25) is 9.59 Å². The van der Waals surface area contributed by atoms with Crippen molar-refractivity contribution in [1.29, 1.82) is 0 Å². The molecule has 6 nitrogen and oxygen atoms in total. The number of nitrogens with one attached hydrogen (secondary N) is 1. The Morgan fingerprint density at radius 1 is 1.15 bits per heavy atom. The van der Waals surface area contributed by atoms with Gasteiger partial charge in [0.05, 0.1) is 13.2 Å². The smallest absolute Gasteiger partial charge is 0.291 e. The fourth-order valence-electron chi connectivity index (χ4n) is 3.12. The van der Waals surface area contributed by atoms with Crippen molar-refractivity contribution in [1.82, 2.24) is 4.90 Å².